The molecule has 0 fully saturated rings. The summed E-state index contributed by atoms with van der Waals surface area (Å²) in [7, 11) is 4.08. The standard InChI is InChI=1S/C19H18ClN5S/c1-24(2)16-8-6-13(7-9-16)11-21-18-23-25-17(12-22-19(25)26-18)14-4-3-5-15(20)10-14/h3-10,12H,11H2,1-2H3,(H,21,23). The van der Waals surface area contributed by atoms with Crippen molar-refractivity contribution >= 4 is 38.7 Å². The summed E-state index contributed by atoms with van der Waals surface area (Å²) in [5.41, 5.74) is 4.33. The van der Waals surface area contributed by atoms with Crippen LogP contribution >= 0.6 is 22.9 Å². The minimum atomic E-state index is 0.701. The van der Waals surface area contributed by atoms with E-state index < -0.39 is 0 Å². The second kappa shape index (κ2) is 6.97. The van der Waals surface area contributed by atoms with Crippen molar-refractivity contribution < 1.29 is 0 Å². The molecule has 0 saturated heterocycles. The smallest absolute Gasteiger partial charge is 0.214 e. The highest BCUT2D eigenvalue weighted by Gasteiger charge is 2.11. The molecule has 0 atom stereocenters. The molecule has 2 aromatic carbocycles. The van der Waals surface area contributed by atoms with Crippen LogP contribution < -0.4 is 10.2 Å². The summed E-state index contributed by atoms with van der Waals surface area (Å²) < 4.78 is 1.85. The molecule has 132 valence electrons. The summed E-state index contributed by atoms with van der Waals surface area (Å²) in [5.74, 6) is 0. The van der Waals surface area contributed by atoms with E-state index in [1.54, 1.807) is 0 Å². The lowest BCUT2D eigenvalue weighted by Gasteiger charge is -2.12. The lowest BCUT2D eigenvalue weighted by Crippen LogP contribution is -2.08. The molecule has 1 N–H and O–H groups in total. The maximum Gasteiger partial charge on any atom is 0.214 e. The van der Waals surface area contributed by atoms with Gasteiger partial charge in [0.15, 0.2) is 0 Å². The van der Waals surface area contributed by atoms with E-state index >= 15 is 0 Å². The summed E-state index contributed by atoms with van der Waals surface area (Å²) >= 11 is 7.64. The van der Waals surface area contributed by atoms with E-state index in [0.717, 1.165) is 27.9 Å². The van der Waals surface area contributed by atoms with Crippen molar-refractivity contribution in [3.63, 3.8) is 0 Å². The Hall–Kier alpha value is -2.57. The minimum absolute atomic E-state index is 0.701. The second-order valence-electron chi connectivity index (χ2n) is 6.17. The first-order valence-corrected chi connectivity index (χ1v) is 9.40. The number of anilines is 2. The van der Waals surface area contributed by atoms with Crippen LogP contribution in [0, 0.1) is 0 Å². The van der Waals surface area contributed by atoms with Gasteiger partial charge in [-0.15, -0.1) is 5.10 Å². The average molecular weight is 384 g/mol. The molecule has 0 saturated carbocycles. The van der Waals surface area contributed by atoms with Crippen LogP contribution in [0.2, 0.25) is 5.02 Å². The van der Waals surface area contributed by atoms with Crippen LogP contribution in [-0.4, -0.2) is 28.7 Å². The van der Waals surface area contributed by atoms with Crippen LogP contribution in [0.5, 0.6) is 0 Å². The Kier molecular flexibility index (Phi) is 4.53. The van der Waals surface area contributed by atoms with Crippen molar-refractivity contribution in [3.05, 3.63) is 65.3 Å². The van der Waals surface area contributed by atoms with Gasteiger partial charge >= 0.3 is 0 Å². The maximum absolute atomic E-state index is 6.10. The number of halogens is 1. The first-order valence-electron chi connectivity index (χ1n) is 8.21. The Morgan fingerprint density at radius 3 is 2.69 bits per heavy atom. The fraction of sp³-hybridized carbons (Fsp3) is 0.158. The van der Waals surface area contributed by atoms with E-state index in [1.165, 1.54) is 22.6 Å². The van der Waals surface area contributed by atoms with Gasteiger partial charge < -0.3 is 10.2 Å². The molecular weight excluding hydrogens is 366 g/mol. The number of hydrogen-bond acceptors (Lipinski definition) is 5. The topological polar surface area (TPSA) is 45.5 Å². The first kappa shape index (κ1) is 16.9. The lowest BCUT2D eigenvalue weighted by atomic mass is 10.2. The second-order valence-corrected chi connectivity index (χ2v) is 7.56. The van der Waals surface area contributed by atoms with Gasteiger partial charge in [-0.3, -0.25) is 0 Å². The van der Waals surface area contributed by atoms with Gasteiger partial charge in [-0.05, 0) is 29.8 Å². The van der Waals surface area contributed by atoms with Crippen molar-refractivity contribution in [2.24, 2.45) is 0 Å². The van der Waals surface area contributed by atoms with Crippen LogP contribution in [0.25, 0.3) is 16.2 Å². The third-order valence-corrected chi connectivity index (χ3v) is 5.22. The third-order valence-electron chi connectivity index (χ3n) is 4.10. The van der Waals surface area contributed by atoms with Crippen LogP contribution in [0.15, 0.2) is 54.7 Å². The molecule has 0 unspecified atom stereocenters. The zero-order valence-electron chi connectivity index (χ0n) is 14.5. The number of nitrogens with one attached hydrogen (secondary N) is 1. The average Bonchev–Trinajstić information content (AvgIpc) is 3.20. The molecule has 0 bridgehead atoms. The molecule has 4 rings (SSSR count). The highest BCUT2D eigenvalue weighted by Crippen LogP contribution is 2.27. The Morgan fingerprint density at radius 1 is 1.15 bits per heavy atom. The number of nitrogens with zero attached hydrogens (tertiary/aromatic N) is 4. The van der Waals surface area contributed by atoms with Crippen LogP contribution in [0.1, 0.15) is 5.56 Å². The van der Waals surface area contributed by atoms with Crippen molar-refractivity contribution in [3.8, 4) is 11.3 Å². The largest absolute Gasteiger partial charge is 0.378 e. The Bertz CT molecular complexity index is 1040. The maximum atomic E-state index is 6.10. The molecule has 0 aliphatic rings. The van der Waals surface area contributed by atoms with Crippen LogP contribution in [0.3, 0.4) is 0 Å². The molecule has 0 aliphatic heterocycles. The Labute approximate surface area is 160 Å². The monoisotopic (exact) mass is 383 g/mol. The number of fused-ring (bicyclic) bond motifs is 1. The van der Waals surface area contributed by atoms with Gasteiger partial charge in [-0.2, -0.15) is 0 Å². The summed E-state index contributed by atoms with van der Waals surface area (Å²) in [5, 5.41) is 9.57. The molecule has 2 aromatic heterocycles. The molecule has 0 radical (unpaired) electrons. The van der Waals surface area contributed by atoms with E-state index in [9.17, 15) is 0 Å². The van der Waals surface area contributed by atoms with Gasteiger partial charge in [0, 0.05) is 36.9 Å². The normalized spacial score (nSPS) is 11.0. The molecule has 4 aromatic rings. The number of hydrogen-bond donors (Lipinski definition) is 1. The highest BCUT2D eigenvalue weighted by molar-refractivity contribution is 7.20. The molecule has 0 spiro atoms. The molecule has 2 heterocycles. The molecule has 0 amide bonds. The van der Waals surface area contributed by atoms with E-state index in [1.807, 2.05) is 49.1 Å². The molecule has 7 heteroatoms. The number of aromatic nitrogens is 3. The predicted molar refractivity (Wildman–Crippen MR) is 109 cm³/mol. The molecule has 26 heavy (non-hydrogen) atoms. The molecule has 0 aliphatic carbocycles. The van der Waals surface area contributed by atoms with Gasteiger partial charge in [-0.1, -0.05) is 47.2 Å². The summed E-state index contributed by atoms with van der Waals surface area (Å²) in [4.78, 5) is 7.40. The van der Waals surface area contributed by atoms with Crippen LogP contribution in [0.4, 0.5) is 10.8 Å². The predicted octanol–water partition coefficient (Wildman–Crippen LogP) is 4.79. The molecular formula is C19H18ClN5S. The summed E-state index contributed by atoms with van der Waals surface area (Å²) in [6.07, 6.45) is 1.83. The van der Waals surface area contributed by atoms with Crippen molar-refractivity contribution in [1.29, 1.82) is 0 Å². The zero-order valence-corrected chi connectivity index (χ0v) is 16.1. The summed E-state index contributed by atoms with van der Waals surface area (Å²) in [6, 6.07) is 16.2. The fourth-order valence-electron chi connectivity index (χ4n) is 2.70. The molecule has 5 nitrogen and oxygen atoms in total. The van der Waals surface area contributed by atoms with E-state index in [-0.39, 0.29) is 0 Å². The van der Waals surface area contributed by atoms with Gasteiger partial charge in [0.2, 0.25) is 10.1 Å². The van der Waals surface area contributed by atoms with Gasteiger partial charge in [0.05, 0.1) is 11.9 Å². The van der Waals surface area contributed by atoms with Gasteiger partial charge in [-0.25, -0.2) is 9.50 Å². The van der Waals surface area contributed by atoms with Gasteiger partial charge in [0.1, 0.15) is 0 Å². The first-order chi connectivity index (χ1) is 12.6. The van der Waals surface area contributed by atoms with Crippen LogP contribution in [-0.2, 0) is 6.54 Å². The fourth-order valence-corrected chi connectivity index (χ4v) is 3.66. The Balaban J connectivity index is 1.53. The van der Waals surface area contributed by atoms with E-state index in [4.69, 9.17) is 11.6 Å². The third kappa shape index (κ3) is 3.38. The van der Waals surface area contributed by atoms with Crippen molar-refractivity contribution in [1.82, 2.24) is 14.6 Å². The zero-order chi connectivity index (χ0) is 18.1. The quantitative estimate of drug-likeness (QED) is 0.538. The van der Waals surface area contributed by atoms with E-state index in [0.29, 0.717) is 5.02 Å². The SMILES string of the molecule is CN(C)c1ccc(CNc2nn3c(-c4cccc(Cl)c4)cnc3s2)cc1. The number of imidazole rings is 1. The van der Waals surface area contributed by atoms with Crippen molar-refractivity contribution in [2.45, 2.75) is 6.54 Å². The Morgan fingerprint density at radius 2 is 1.96 bits per heavy atom. The summed E-state index contributed by atoms with van der Waals surface area (Å²) in [6.45, 7) is 0.719. The lowest BCUT2D eigenvalue weighted by molar-refractivity contribution is 0.968. The van der Waals surface area contributed by atoms with Gasteiger partial charge in [0.25, 0.3) is 0 Å². The highest BCUT2D eigenvalue weighted by atomic mass is 35.5. The van der Waals surface area contributed by atoms with Crippen molar-refractivity contribution in [2.75, 3.05) is 24.3 Å². The number of benzene rings is 2. The van der Waals surface area contributed by atoms with E-state index in [2.05, 4.69) is 44.6 Å². The number of rotatable bonds is 5. The minimum Gasteiger partial charge on any atom is -0.378 e.